The van der Waals surface area contributed by atoms with E-state index in [-0.39, 0.29) is 0 Å². The number of hydrogen-bond donors (Lipinski definition) is 0. The first-order valence-corrected chi connectivity index (χ1v) is 16.9. The standard InChI is InChI=1S/C32H65ClO5/c1-2-3-4-5-6-7-8-9-10-11-12-13-14-15-17-20-23-34-25-27-36-29-31-38-32-30-37-28-26-35-24-21-18-16-19-22-33/h2-32H2,1H3. The predicted octanol–water partition coefficient (Wildman–Crippen LogP) is 9.13. The molecule has 0 N–H and O–H groups in total. The van der Waals surface area contributed by atoms with Crippen molar-refractivity contribution in [3.05, 3.63) is 0 Å². The topological polar surface area (TPSA) is 46.2 Å². The molecule has 38 heavy (non-hydrogen) atoms. The molecule has 0 aliphatic heterocycles. The molecule has 0 radical (unpaired) electrons. The van der Waals surface area contributed by atoms with Gasteiger partial charge in [0.05, 0.1) is 52.9 Å². The molecule has 0 spiro atoms. The van der Waals surface area contributed by atoms with Crippen molar-refractivity contribution in [2.24, 2.45) is 0 Å². The maximum atomic E-state index is 5.67. The van der Waals surface area contributed by atoms with Crippen LogP contribution >= 0.6 is 11.6 Å². The van der Waals surface area contributed by atoms with Gasteiger partial charge in [-0.25, -0.2) is 0 Å². The van der Waals surface area contributed by atoms with Gasteiger partial charge < -0.3 is 23.7 Å². The van der Waals surface area contributed by atoms with Crippen LogP contribution in [0.15, 0.2) is 0 Å². The lowest BCUT2D eigenvalue weighted by Crippen LogP contribution is -2.13. The van der Waals surface area contributed by atoms with Crippen LogP contribution < -0.4 is 0 Å². The van der Waals surface area contributed by atoms with Crippen LogP contribution in [-0.4, -0.2) is 71.9 Å². The van der Waals surface area contributed by atoms with E-state index in [2.05, 4.69) is 6.92 Å². The van der Waals surface area contributed by atoms with E-state index in [1.54, 1.807) is 0 Å². The van der Waals surface area contributed by atoms with Crippen molar-refractivity contribution >= 4 is 11.6 Å². The number of unbranched alkanes of at least 4 members (excludes halogenated alkanes) is 18. The molecule has 0 aromatic carbocycles. The molecule has 6 heteroatoms. The van der Waals surface area contributed by atoms with Gasteiger partial charge in [-0.1, -0.05) is 116 Å². The van der Waals surface area contributed by atoms with Crippen LogP contribution in [0.5, 0.6) is 0 Å². The molecule has 0 fully saturated rings. The van der Waals surface area contributed by atoms with Gasteiger partial charge in [0.1, 0.15) is 0 Å². The van der Waals surface area contributed by atoms with Gasteiger partial charge in [-0.2, -0.15) is 0 Å². The minimum atomic E-state index is 0.595. The normalized spacial score (nSPS) is 11.5. The number of halogens is 1. The SMILES string of the molecule is CCCCCCCCCCCCCCCCCCOCCOCCOCCOCCOCCCCCCCl. The van der Waals surface area contributed by atoms with Crippen LogP contribution in [0.1, 0.15) is 135 Å². The highest BCUT2D eigenvalue weighted by Crippen LogP contribution is 2.13. The van der Waals surface area contributed by atoms with Crippen LogP contribution in [0.2, 0.25) is 0 Å². The monoisotopic (exact) mass is 564 g/mol. The van der Waals surface area contributed by atoms with Gasteiger partial charge in [0.25, 0.3) is 0 Å². The van der Waals surface area contributed by atoms with Crippen LogP contribution in [-0.2, 0) is 23.7 Å². The fraction of sp³-hybridized carbons (Fsp3) is 1.00. The largest absolute Gasteiger partial charge is 0.379 e. The quantitative estimate of drug-likeness (QED) is 0.0567. The molecule has 5 nitrogen and oxygen atoms in total. The van der Waals surface area contributed by atoms with Crippen molar-refractivity contribution in [1.29, 1.82) is 0 Å². The number of alkyl halides is 1. The molecule has 0 bridgehead atoms. The van der Waals surface area contributed by atoms with E-state index in [0.29, 0.717) is 52.9 Å². The summed E-state index contributed by atoms with van der Waals surface area (Å²) in [5.41, 5.74) is 0. The summed E-state index contributed by atoms with van der Waals surface area (Å²) in [5, 5.41) is 0. The first-order chi connectivity index (χ1) is 18.9. The third-order valence-electron chi connectivity index (χ3n) is 6.80. The molecule has 0 rings (SSSR count). The fourth-order valence-corrected chi connectivity index (χ4v) is 4.58. The summed E-state index contributed by atoms with van der Waals surface area (Å²) >= 11 is 5.66. The van der Waals surface area contributed by atoms with Gasteiger partial charge in [0.2, 0.25) is 0 Å². The Balaban J connectivity index is 3.01. The predicted molar refractivity (Wildman–Crippen MR) is 163 cm³/mol. The first kappa shape index (κ1) is 38.1. The summed E-state index contributed by atoms with van der Waals surface area (Å²) in [7, 11) is 0. The molecule has 0 amide bonds. The second kappa shape index (κ2) is 37.1. The molecule has 0 aromatic heterocycles. The van der Waals surface area contributed by atoms with E-state index in [1.165, 1.54) is 116 Å². The van der Waals surface area contributed by atoms with Crippen LogP contribution in [0.4, 0.5) is 0 Å². The van der Waals surface area contributed by atoms with E-state index in [9.17, 15) is 0 Å². The third-order valence-corrected chi connectivity index (χ3v) is 7.07. The highest BCUT2D eigenvalue weighted by Gasteiger charge is 1.97. The van der Waals surface area contributed by atoms with Crippen LogP contribution in [0.3, 0.4) is 0 Å². The fourth-order valence-electron chi connectivity index (χ4n) is 4.39. The zero-order valence-corrected chi connectivity index (χ0v) is 26.1. The first-order valence-electron chi connectivity index (χ1n) is 16.4. The van der Waals surface area contributed by atoms with Crippen molar-refractivity contribution in [3.8, 4) is 0 Å². The molecule has 0 heterocycles. The highest BCUT2D eigenvalue weighted by molar-refractivity contribution is 6.17. The zero-order valence-electron chi connectivity index (χ0n) is 25.3. The zero-order chi connectivity index (χ0) is 27.5. The van der Waals surface area contributed by atoms with Gasteiger partial charge in [0.15, 0.2) is 0 Å². The van der Waals surface area contributed by atoms with Crippen molar-refractivity contribution in [2.45, 2.75) is 135 Å². The summed E-state index contributed by atoms with van der Waals surface area (Å²) in [5.74, 6) is 0.761. The van der Waals surface area contributed by atoms with Crippen molar-refractivity contribution in [3.63, 3.8) is 0 Å². The average molecular weight is 565 g/mol. The molecule has 0 atom stereocenters. The Morgan fingerprint density at radius 2 is 0.526 bits per heavy atom. The van der Waals surface area contributed by atoms with E-state index < -0.39 is 0 Å². The summed E-state index contributed by atoms with van der Waals surface area (Å²) in [6, 6.07) is 0. The van der Waals surface area contributed by atoms with Crippen molar-refractivity contribution in [1.82, 2.24) is 0 Å². The summed E-state index contributed by atoms with van der Waals surface area (Å²) in [6.45, 7) is 8.94. The minimum Gasteiger partial charge on any atom is -0.379 e. The Kier molecular flexibility index (Phi) is 37.2. The Hall–Kier alpha value is 0.0900. The average Bonchev–Trinajstić information content (AvgIpc) is 2.93. The van der Waals surface area contributed by atoms with Gasteiger partial charge in [-0.3, -0.25) is 0 Å². The Bertz CT molecular complexity index is 364. The van der Waals surface area contributed by atoms with Gasteiger partial charge in [-0.15, -0.1) is 11.6 Å². The highest BCUT2D eigenvalue weighted by atomic mass is 35.5. The maximum absolute atomic E-state index is 5.67. The maximum Gasteiger partial charge on any atom is 0.0701 e. The number of rotatable bonds is 35. The van der Waals surface area contributed by atoms with Crippen molar-refractivity contribution < 1.29 is 23.7 Å². The summed E-state index contributed by atoms with van der Waals surface area (Å²) in [6.07, 6.45) is 27.0. The van der Waals surface area contributed by atoms with Gasteiger partial charge >= 0.3 is 0 Å². The minimum absolute atomic E-state index is 0.595. The van der Waals surface area contributed by atoms with Gasteiger partial charge in [-0.05, 0) is 19.3 Å². The van der Waals surface area contributed by atoms with E-state index in [4.69, 9.17) is 35.3 Å². The lowest BCUT2D eigenvalue weighted by atomic mass is 10.0. The smallest absolute Gasteiger partial charge is 0.0701 e. The van der Waals surface area contributed by atoms with E-state index >= 15 is 0 Å². The second-order valence-corrected chi connectivity index (χ2v) is 10.8. The third kappa shape index (κ3) is 36.1. The number of ether oxygens (including phenoxy) is 5. The van der Waals surface area contributed by atoms with E-state index in [0.717, 1.165) is 31.9 Å². The molecule has 0 saturated heterocycles. The molecule has 0 unspecified atom stereocenters. The Labute approximate surface area is 242 Å². The Morgan fingerprint density at radius 1 is 0.289 bits per heavy atom. The summed E-state index contributed by atoms with van der Waals surface area (Å²) in [4.78, 5) is 0. The molecular weight excluding hydrogens is 500 g/mol. The molecule has 0 aromatic rings. The molecule has 0 aliphatic carbocycles. The Morgan fingerprint density at radius 3 is 0.816 bits per heavy atom. The lowest BCUT2D eigenvalue weighted by molar-refractivity contribution is -0.0114. The van der Waals surface area contributed by atoms with E-state index in [1.807, 2.05) is 0 Å². The van der Waals surface area contributed by atoms with Crippen LogP contribution in [0, 0.1) is 0 Å². The molecule has 0 saturated carbocycles. The molecule has 0 aliphatic rings. The lowest BCUT2D eigenvalue weighted by Gasteiger charge is -2.08. The van der Waals surface area contributed by atoms with Gasteiger partial charge in [0, 0.05) is 19.1 Å². The molecular formula is C32H65ClO5. The number of hydrogen-bond acceptors (Lipinski definition) is 5. The van der Waals surface area contributed by atoms with Crippen LogP contribution in [0.25, 0.3) is 0 Å². The van der Waals surface area contributed by atoms with Crippen molar-refractivity contribution in [2.75, 3.05) is 71.9 Å². The second-order valence-electron chi connectivity index (χ2n) is 10.5. The summed E-state index contributed by atoms with van der Waals surface area (Å²) < 4.78 is 27.8. The molecule has 230 valence electrons.